The van der Waals surface area contributed by atoms with E-state index in [1.807, 2.05) is 29.0 Å². The maximum atomic E-state index is 13.0. The van der Waals surface area contributed by atoms with Crippen molar-refractivity contribution < 1.29 is 14.3 Å². The summed E-state index contributed by atoms with van der Waals surface area (Å²) in [4.78, 5) is 28.9. The molecule has 0 radical (unpaired) electrons. The lowest BCUT2D eigenvalue weighted by Crippen LogP contribution is -2.43. The summed E-state index contributed by atoms with van der Waals surface area (Å²) in [6.45, 7) is 5.52. The van der Waals surface area contributed by atoms with Crippen LogP contribution >= 0.6 is 0 Å². The molecule has 1 saturated heterocycles. The standard InChI is InChI=1S/C26H34N6O3/c1-18(2)23-15-24(30-26(29-23)31-10-8-27-17-31)32-9-6-5-7-20(32)13-25(33)28-16-19-11-21(34-3)14-22(12-19)35-4/h8,10-12,14-15,17-18,20H,5-7,9,13,16H2,1-4H3,(H,28,33). The second-order valence-corrected chi connectivity index (χ2v) is 9.12. The first-order valence-corrected chi connectivity index (χ1v) is 12.1. The van der Waals surface area contributed by atoms with E-state index in [1.165, 1.54) is 0 Å². The van der Waals surface area contributed by atoms with Crippen molar-refractivity contribution in [2.75, 3.05) is 25.7 Å². The zero-order valence-electron chi connectivity index (χ0n) is 20.9. The number of amides is 1. The summed E-state index contributed by atoms with van der Waals surface area (Å²) < 4.78 is 12.5. The first kappa shape index (κ1) is 24.5. The number of benzene rings is 1. The maximum Gasteiger partial charge on any atom is 0.237 e. The van der Waals surface area contributed by atoms with Crippen LogP contribution in [0.1, 0.15) is 56.7 Å². The maximum absolute atomic E-state index is 13.0. The molecule has 0 spiro atoms. The van der Waals surface area contributed by atoms with Crippen LogP contribution in [0.15, 0.2) is 43.0 Å². The molecule has 1 unspecified atom stereocenters. The summed E-state index contributed by atoms with van der Waals surface area (Å²) in [5.74, 6) is 3.13. The van der Waals surface area contributed by atoms with Gasteiger partial charge in [-0.2, -0.15) is 4.98 Å². The zero-order valence-corrected chi connectivity index (χ0v) is 20.9. The molecule has 0 aliphatic carbocycles. The molecular formula is C26H34N6O3. The third kappa shape index (κ3) is 6.09. The van der Waals surface area contributed by atoms with Gasteiger partial charge in [0.1, 0.15) is 23.6 Å². The lowest BCUT2D eigenvalue weighted by Gasteiger charge is -2.36. The number of methoxy groups -OCH3 is 2. The molecule has 9 heteroatoms. The average molecular weight is 479 g/mol. The van der Waals surface area contributed by atoms with Gasteiger partial charge in [0.25, 0.3) is 0 Å². The van der Waals surface area contributed by atoms with Gasteiger partial charge in [0.2, 0.25) is 11.9 Å². The van der Waals surface area contributed by atoms with Crippen molar-refractivity contribution in [3.05, 3.63) is 54.2 Å². The first-order valence-electron chi connectivity index (χ1n) is 12.1. The van der Waals surface area contributed by atoms with E-state index in [2.05, 4.69) is 35.1 Å². The van der Waals surface area contributed by atoms with E-state index >= 15 is 0 Å². The van der Waals surface area contributed by atoms with E-state index in [4.69, 9.17) is 19.4 Å². The van der Waals surface area contributed by atoms with E-state index in [0.29, 0.717) is 30.4 Å². The van der Waals surface area contributed by atoms with Gasteiger partial charge in [-0.15, -0.1) is 0 Å². The second-order valence-electron chi connectivity index (χ2n) is 9.12. The van der Waals surface area contributed by atoms with Gasteiger partial charge in [-0.25, -0.2) is 9.97 Å². The number of nitrogens with one attached hydrogen (secondary N) is 1. The van der Waals surface area contributed by atoms with Crippen molar-refractivity contribution in [3.63, 3.8) is 0 Å². The fourth-order valence-electron chi connectivity index (χ4n) is 4.35. The Morgan fingerprint density at radius 3 is 2.54 bits per heavy atom. The smallest absolute Gasteiger partial charge is 0.237 e. The number of aromatic nitrogens is 4. The number of ether oxygens (including phenoxy) is 2. The van der Waals surface area contributed by atoms with Crippen molar-refractivity contribution in [1.29, 1.82) is 0 Å². The zero-order chi connectivity index (χ0) is 24.8. The van der Waals surface area contributed by atoms with Crippen molar-refractivity contribution in [2.45, 2.75) is 58.0 Å². The monoisotopic (exact) mass is 478 g/mol. The number of anilines is 1. The van der Waals surface area contributed by atoms with Crippen LogP contribution in [0, 0.1) is 0 Å². The molecule has 1 atom stereocenters. The third-order valence-corrected chi connectivity index (χ3v) is 6.29. The summed E-state index contributed by atoms with van der Waals surface area (Å²) in [6.07, 6.45) is 8.79. The van der Waals surface area contributed by atoms with Crippen LogP contribution < -0.4 is 19.7 Å². The predicted octanol–water partition coefficient (Wildman–Crippen LogP) is 3.87. The summed E-state index contributed by atoms with van der Waals surface area (Å²) in [7, 11) is 3.23. The Morgan fingerprint density at radius 1 is 1.11 bits per heavy atom. The van der Waals surface area contributed by atoms with Crippen LogP contribution in [-0.2, 0) is 11.3 Å². The fraction of sp³-hybridized carbons (Fsp3) is 0.462. The van der Waals surface area contributed by atoms with Crippen molar-refractivity contribution >= 4 is 11.7 Å². The van der Waals surface area contributed by atoms with Crippen molar-refractivity contribution in [3.8, 4) is 17.4 Å². The Morgan fingerprint density at radius 2 is 1.89 bits per heavy atom. The van der Waals surface area contributed by atoms with Gasteiger partial charge in [0.05, 0.1) is 19.9 Å². The number of piperidine rings is 1. The minimum Gasteiger partial charge on any atom is -0.497 e. The number of rotatable bonds is 9. The van der Waals surface area contributed by atoms with Crippen LogP contribution in [0.3, 0.4) is 0 Å². The number of carbonyl (C=O) groups is 1. The fourth-order valence-corrected chi connectivity index (χ4v) is 4.35. The first-order chi connectivity index (χ1) is 17.0. The second kappa shape index (κ2) is 11.2. The molecule has 0 saturated carbocycles. The molecule has 0 bridgehead atoms. The van der Waals surface area contributed by atoms with Gasteiger partial charge in [0, 0.05) is 50.1 Å². The Kier molecular flexibility index (Phi) is 7.84. The Balaban J connectivity index is 1.49. The molecule has 4 rings (SSSR count). The predicted molar refractivity (Wildman–Crippen MR) is 134 cm³/mol. The van der Waals surface area contributed by atoms with E-state index in [-0.39, 0.29) is 17.9 Å². The van der Waals surface area contributed by atoms with Crippen LogP contribution in [0.25, 0.3) is 5.95 Å². The number of imidazole rings is 1. The lowest BCUT2D eigenvalue weighted by atomic mass is 9.98. The Bertz CT molecular complexity index is 1110. The lowest BCUT2D eigenvalue weighted by molar-refractivity contribution is -0.121. The average Bonchev–Trinajstić information content (AvgIpc) is 3.42. The number of nitrogens with zero attached hydrogens (tertiary/aromatic N) is 5. The summed E-state index contributed by atoms with van der Waals surface area (Å²) in [6, 6.07) is 7.76. The minimum absolute atomic E-state index is 0.0108. The minimum atomic E-state index is 0.0108. The quantitative estimate of drug-likeness (QED) is 0.499. The highest BCUT2D eigenvalue weighted by molar-refractivity contribution is 5.77. The van der Waals surface area contributed by atoms with E-state index in [0.717, 1.165) is 42.9 Å². The normalized spacial score (nSPS) is 15.8. The molecule has 1 aliphatic rings. The molecule has 1 N–H and O–H groups in total. The SMILES string of the molecule is COc1cc(CNC(=O)CC2CCCCN2c2cc(C(C)C)nc(-n3ccnc3)n2)cc(OC)c1. The summed E-state index contributed by atoms with van der Waals surface area (Å²) in [5, 5.41) is 3.06. The van der Waals surface area contributed by atoms with Crippen molar-refractivity contribution in [2.24, 2.45) is 0 Å². The number of carbonyl (C=O) groups excluding carboxylic acids is 1. The van der Waals surface area contributed by atoms with Gasteiger partial charge in [-0.3, -0.25) is 9.36 Å². The topological polar surface area (TPSA) is 94.4 Å². The molecule has 3 aromatic rings. The Labute approximate surface area is 206 Å². The van der Waals surface area contributed by atoms with Gasteiger partial charge in [0.15, 0.2) is 0 Å². The largest absolute Gasteiger partial charge is 0.497 e. The number of hydrogen-bond acceptors (Lipinski definition) is 7. The summed E-state index contributed by atoms with van der Waals surface area (Å²) in [5.41, 5.74) is 1.90. The van der Waals surface area contributed by atoms with Crippen LogP contribution in [0.2, 0.25) is 0 Å². The van der Waals surface area contributed by atoms with Gasteiger partial charge >= 0.3 is 0 Å². The van der Waals surface area contributed by atoms with Crippen LogP contribution in [0.5, 0.6) is 11.5 Å². The molecule has 2 aromatic heterocycles. The highest BCUT2D eigenvalue weighted by Gasteiger charge is 2.27. The molecule has 1 aromatic carbocycles. The third-order valence-electron chi connectivity index (χ3n) is 6.29. The molecule has 1 amide bonds. The molecule has 9 nitrogen and oxygen atoms in total. The van der Waals surface area contributed by atoms with Gasteiger partial charge in [-0.05, 0) is 42.9 Å². The molecule has 35 heavy (non-hydrogen) atoms. The van der Waals surface area contributed by atoms with Gasteiger partial charge in [-0.1, -0.05) is 13.8 Å². The van der Waals surface area contributed by atoms with E-state index < -0.39 is 0 Å². The van der Waals surface area contributed by atoms with Crippen LogP contribution in [-0.4, -0.2) is 52.2 Å². The Hall–Kier alpha value is -3.62. The van der Waals surface area contributed by atoms with Crippen LogP contribution in [0.4, 0.5) is 5.82 Å². The van der Waals surface area contributed by atoms with E-state index in [9.17, 15) is 4.79 Å². The molecule has 1 fully saturated rings. The summed E-state index contributed by atoms with van der Waals surface area (Å²) >= 11 is 0. The highest BCUT2D eigenvalue weighted by Crippen LogP contribution is 2.28. The molecule has 3 heterocycles. The number of hydrogen-bond donors (Lipinski definition) is 1. The van der Waals surface area contributed by atoms with E-state index in [1.54, 1.807) is 26.7 Å². The highest BCUT2D eigenvalue weighted by atomic mass is 16.5. The van der Waals surface area contributed by atoms with Crippen molar-refractivity contribution in [1.82, 2.24) is 24.8 Å². The van der Waals surface area contributed by atoms with Gasteiger partial charge < -0.3 is 19.7 Å². The molecular weight excluding hydrogens is 444 g/mol. The molecule has 186 valence electrons. The molecule has 1 aliphatic heterocycles.